The van der Waals surface area contributed by atoms with Crippen LogP contribution in [0.25, 0.3) is 5.69 Å². The van der Waals surface area contributed by atoms with Gasteiger partial charge in [0.15, 0.2) is 5.69 Å². The molecule has 7 heteroatoms. The minimum absolute atomic E-state index is 0.0799. The van der Waals surface area contributed by atoms with Gasteiger partial charge in [0.2, 0.25) is 0 Å². The second-order valence-electron chi connectivity index (χ2n) is 8.30. The van der Waals surface area contributed by atoms with Crippen LogP contribution in [-0.4, -0.2) is 53.4 Å². The zero-order chi connectivity index (χ0) is 21.9. The highest BCUT2D eigenvalue weighted by Gasteiger charge is 2.28. The first-order valence-electron chi connectivity index (χ1n) is 11.2. The Morgan fingerprint density at radius 1 is 1.06 bits per heavy atom. The van der Waals surface area contributed by atoms with Crippen LogP contribution in [-0.2, 0) is 17.6 Å². The number of benzene rings is 2. The molecule has 1 saturated heterocycles. The van der Waals surface area contributed by atoms with E-state index in [1.54, 1.807) is 16.8 Å². The van der Waals surface area contributed by atoms with Gasteiger partial charge in [-0.2, -0.15) is 5.10 Å². The monoisotopic (exact) mass is 434 g/mol. The Hall–Kier alpha value is -3.03. The fourth-order valence-corrected chi connectivity index (χ4v) is 4.71. The molecule has 1 aliphatic carbocycles. The van der Waals surface area contributed by atoms with Crippen LogP contribution in [0.1, 0.15) is 39.8 Å². The number of ether oxygens (including phenoxy) is 1. The Labute approximate surface area is 187 Å². The van der Waals surface area contributed by atoms with Crippen molar-refractivity contribution in [1.29, 1.82) is 0 Å². The Balaban J connectivity index is 1.37. The van der Waals surface area contributed by atoms with Crippen LogP contribution in [0.4, 0.5) is 4.39 Å². The molecule has 1 aliphatic heterocycles. The molecule has 0 bridgehead atoms. The molecule has 6 nitrogen and oxygen atoms in total. The summed E-state index contributed by atoms with van der Waals surface area (Å²) in [6.45, 7) is 3.58. The van der Waals surface area contributed by atoms with Crippen molar-refractivity contribution in [1.82, 2.24) is 20.0 Å². The van der Waals surface area contributed by atoms with E-state index in [2.05, 4.69) is 27.4 Å². The molecule has 0 saturated carbocycles. The molecule has 0 spiro atoms. The van der Waals surface area contributed by atoms with Crippen molar-refractivity contribution in [2.24, 2.45) is 0 Å². The van der Waals surface area contributed by atoms with Crippen LogP contribution < -0.4 is 5.32 Å². The number of hydrogen-bond donors (Lipinski definition) is 1. The predicted octanol–water partition coefficient (Wildman–Crippen LogP) is 3.30. The van der Waals surface area contributed by atoms with E-state index < -0.39 is 0 Å². The zero-order valence-electron chi connectivity index (χ0n) is 18.0. The van der Waals surface area contributed by atoms with E-state index in [-0.39, 0.29) is 17.8 Å². The van der Waals surface area contributed by atoms with Gasteiger partial charge in [0, 0.05) is 30.9 Å². The SMILES string of the molecule is O=C(NCC(c1ccccc1)N1CCOCC1)c1nn(-c2ccc(F)cc2)c2c1CCC2. The van der Waals surface area contributed by atoms with Crippen LogP contribution in [0, 0.1) is 5.82 Å². The Bertz CT molecular complexity index is 1080. The first-order valence-corrected chi connectivity index (χ1v) is 11.2. The number of carbonyl (C=O) groups is 1. The summed E-state index contributed by atoms with van der Waals surface area (Å²) in [6, 6.07) is 16.6. The van der Waals surface area contributed by atoms with E-state index in [4.69, 9.17) is 4.74 Å². The molecular weight excluding hydrogens is 407 g/mol. The highest BCUT2D eigenvalue weighted by molar-refractivity contribution is 5.94. The van der Waals surface area contributed by atoms with Crippen molar-refractivity contribution >= 4 is 5.91 Å². The van der Waals surface area contributed by atoms with E-state index >= 15 is 0 Å². The van der Waals surface area contributed by atoms with Gasteiger partial charge in [0.05, 0.1) is 24.9 Å². The molecule has 32 heavy (non-hydrogen) atoms. The number of nitrogens with zero attached hydrogens (tertiary/aromatic N) is 3. The molecule has 2 heterocycles. The number of aromatic nitrogens is 2. The van der Waals surface area contributed by atoms with Crippen molar-refractivity contribution in [2.75, 3.05) is 32.8 Å². The minimum Gasteiger partial charge on any atom is -0.379 e. The van der Waals surface area contributed by atoms with Crippen LogP contribution in [0.15, 0.2) is 54.6 Å². The number of morpholine rings is 1. The highest BCUT2D eigenvalue weighted by atomic mass is 19.1. The molecule has 1 aromatic heterocycles. The minimum atomic E-state index is -0.286. The lowest BCUT2D eigenvalue weighted by molar-refractivity contribution is 0.0162. The number of amides is 1. The lowest BCUT2D eigenvalue weighted by atomic mass is 10.0. The summed E-state index contributed by atoms with van der Waals surface area (Å²) >= 11 is 0. The molecule has 2 aromatic carbocycles. The second kappa shape index (κ2) is 9.22. The maximum atomic E-state index is 13.4. The smallest absolute Gasteiger partial charge is 0.272 e. The number of rotatable bonds is 6. The standard InChI is InChI=1S/C25H27FN4O2/c26-19-9-11-20(12-10-19)30-22-8-4-7-21(22)24(28-30)25(31)27-17-23(18-5-2-1-3-6-18)29-13-15-32-16-14-29/h1-3,5-6,9-12,23H,4,7-8,13-17H2,(H,27,31). The third-order valence-corrected chi connectivity index (χ3v) is 6.34. The van der Waals surface area contributed by atoms with Crippen LogP contribution >= 0.6 is 0 Å². The first-order chi connectivity index (χ1) is 15.7. The van der Waals surface area contributed by atoms with Gasteiger partial charge in [-0.1, -0.05) is 30.3 Å². The summed E-state index contributed by atoms with van der Waals surface area (Å²) in [6.07, 6.45) is 2.70. The summed E-state index contributed by atoms with van der Waals surface area (Å²) in [7, 11) is 0. The molecule has 3 aromatic rings. The maximum Gasteiger partial charge on any atom is 0.272 e. The van der Waals surface area contributed by atoms with Crippen molar-refractivity contribution in [2.45, 2.75) is 25.3 Å². The topological polar surface area (TPSA) is 59.4 Å². The number of carbonyl (C=O) groups excluding carboxylic acids is 1. The van der Waals surface area contributed by atoms with Crippen LogP contribution in [0.3, 0.4) is 0 Å². The van der Waals surface area contributed by atoms with E-state index in [0.717, 1.165) is 49.3 Å². The molecule has 0 radical (unpaired) electrons. The number of halogens is 1. The molecule has 1 atom stereocenters. The van der Waals surface area contributed by atoms with Gasteiger partial charge >= 0.3 is 0 Å². The zero-order valence-corrected chi connectivity index (χ0v) is 18.0. The Morgan fingerprint density at radius 3 is 2.56 bits per heavy atom. The van der Waals surface area contributed by atoms with Crippen LogP contribution in [0.5, 0.6) is 0 Å². The summed E-state index contributed by atoms with van der Waals surface area (Å²) < 4.78 is 20.7. The van der Waals surface area contributed by atoms with Crippen molar-refractivity contribution in [3.63, 3.8) is 0 Å². The Morgan fingerprint density at radius 2 is 1.81 bits per heavy atom. The van der Waals surface area contributed by atoms with Gasteiger partial charge in [-0.25, -0.2) is 9.07 Å². The molecule has 1 amide bonds. The number of hydrogen-bond acceptors (Lipinski definition) is 4. The molecular formula is C25H27FN4O2. The highest BCUT2D eigenvalue weighted by Crippen LogP contribution is 2.28. The molecule has 166 valence electrons. The van der Waals surface area contributed by atoms with Crippen molar-refractivity contribution in [3.8, 4) is 5.69 Å². The number of fused-ring (bicyclic) bond motifs is 1. The Kier molecular flexibility index (Phi) is 6.01. The molecule has 5 rings (SSSR count). The average molecular weight is 435 g/mol. The predicted molar refractivity (Wildman–Crippen MR) is 119 cm³/mol. The average Bonchev–Trinajstić information content (AvgIpc) is 3.44. The summed E-state index contributed by atoms with van der Waals surface area (Å²) in [5.74, 6) is -0.441. The first kappa shape index (κ1) is 20.8. The summed E-state index contributed by atoms with van der Waals surface area (Å²) in [4.78, 5) is 15.6. The van der Waals surface area contributed by atoms with Gasteiger partial charge in [-0.05, 0) is 49.1 Å². The van der Waals surface area contributed by atoms with Crippen LogP contribution in [0.2, 0.25) is 0 Å². The fraction of sp³-hybridized carbons (Fsp3) is 0.360. The van der Waals surface area contributed by atoms with E-state index in [0.29, 0.717) is 25.5 Å². The molecule has 1 N–H and O–H groups in total. The molecule has 1 unspecified atom stereocenters. The van der Waals surface area contributed by atoms with Gasteiger partial charge in [0.1, 0.15) is 5.82 Å². The number of nitrogens with one attached hydrogen (secondary N) is 1. The third-order valence-electron chi connectivity index (χ3n) is 6.34. The van der Waals surface area contributed by atoms with E-state index in [1.165, 1.54) is 17.7 Å². The summed E-state index contributed by atoms with van der Waals surface area (Å²) in [5, 5.41) is 7.78. The van der Waals surface area contributed by atoms with Crippen molar-refractivity contribution in [3.05, 3.63) is 82.9 Å². The van der Waals surface area contributed by atoms with Gasteiger partial charge in [0.25, 0.3) is 5.91 Å². The summed E-state index contributed by atoms with van der Waals surface area (Å²) in [5.41, 5.74) is 4.50. The third kappa shape index (κ3) is 4.18. The largest absolute Gasteiger partial charge is 0.379 e. The van der Waals surface area contributed by atoms with Crippen molar-refractivity contribution < 1.29 is 13.9 Å². The van der Waals surface area contributed by atoms with Gasteiger partial charge in [-0.15, -0.1) is 0 Å². The van der Waals surface area contributed by atoms with E-state index in [9.17, 15) is 9.18 Å². The molecule has 2 aliphatic rings. The lowest BCUT2D eigenvalue weighted by Crippen LogP contribution is -2.44. The second-order valence-corrected chi connectivity index (χ2v) is 8.30. The maximum absolute atomic E-state index is 13.4. The molecule has 1 fully saturated rings. The normalized spacial score (nSPS) is 17.2. The quantitative estimate of drug-likeness (QED) is 0.647. The lowest BCUT2D eigenvalue weighted by Gasteiger charge is -2.34. The van der Waals surface area contributed by atoms with Gasteiger partial charge < -0.3 is 10.1 Å². The van der Waals surface area contributed by atoms with Gasteiger partial charge in [-0.3, -0.25) is 9.69 Å². The van der Waals surface area contributed by atoms with E-state index in [1.807, 2.05) is 18.2 Å². The fourth-order valence-electron chi connectivity index (χ4n) is 4.71.